The minimum Gasteiger partial charge on any atom is -0.480 e. The third-order valence-corrected chi connectivity index (χ3v) is 2.94. The van der Waals surface area contributed by atoms with Crippen LogP contribution in [0.15, 0.2) is 0 Å². The molecule has 0 aromatic carbocycles. The lowest BCUT2D eigenvalue weighted by Gasteiger charge is -2.19. The molecule has 0 spiro atoms. The van der Waals surface area contributed by atoms with E-state index >= 15 is 0 Å². The molecule has 100 valence electrons. The van der Waals surface area contributed by atoms with E-state index in [0.29, 0.717) is 12.8 Å². The van der Waals surface area contributed by atoms with Gasteiger partial charge in [-0.25, -0.2) is 4.79 Å². The molecule has 0 unspecified atom stereocenters. The van der Waals surface area contributed by atoms with E-state index in [1.165, 1.54) is 0 Å². The molecule has 0 aliphatic rings. The number of carboxylic acids is 1. The first-order valence-electron chi connectivity index (χ1n) is 5.66. The fourth-order valence-corrected chi connectivity index (χ4v) is 1.84. The van der Waals surface area contributed by atoms with Gasteiger partial charge in [-0.15, -0.1) is 0 Å². The molecule has 1 amide bonds. The molecule has 4 N–H and O–H groups in total. The molecule has 0 bridgehead atoms. The summed E-state index contributed by atoms with van der Waals surface area (Å²) in [5.41, 5.74) is 5.66. The van der Waals surface area contributed by atoms with Crippen LogP contribution in [0.2, 0.25) is 0 Å². The lowest BCUT2D eigenvalue weighted by molar-refractivity contribution is -0.142. The van der Waals surface area contributed by atoms with E-state index in [1.807, 2.05) is 20.1 Å². The molecule has 0 rings (SSSR count). The average Bonchev–Trinajstić information content (AvgIpc) is 2.23. The second-order valence-corrected chi connectivity index (χ2v) is 5.40. The van der Waals surface area contributed by atoms with Gasteiger partial charge < -0.3 is 16.2 Å². The lowest BCUT2D eigenvalue weighted by atomic mass is 10.0. The Hall–Kier alpha value is -0.750. The molecule has 0 saturated heterocycles. The number of thioether (sulfide) groups is 1. The summed E-state index contributed by atoms with van der Waals surface area (Å²) in [6.45, 7) is 3.82. The summed E-state index contributed by atoms with van der Waals surface area (Å²) in [5, 5.41) is 11.5. The predicted molar refractivity (Wildman–Crippen MR) is 70.0 cm³/mol. The summed E-state index contributed by atoms with van der Waals surface area (Å²) in [5.74, 6) is -0.397. The van der Waals surface area contributed by atoms with Crippen molar-refractivity contribution in [3.05, 3.63) is 0 Å². The van der Waals surface area contributed by atoms with Crippen molar-refractivity contribution in [1.82, 2.24) is 5.32 Å². The third kappa shape index (κ3) is 7.23. The van der Waals surface area contributed by atoms with Gasteiger partial charge in [-0.05, 0) is 30.8 Å². The summed E-state index contributed by atoms with van der Waals surface area (Å²) < 4.78 is 0. The fraction of sp³-hybridized carbons (Fsp3) is 0.818. The Balaban J connectivity index is 4.25. The number of carbonyl (C=O) groups excluding carboxylic acids is 1. The van der Waals surface area contributed by atoms with Crippen LogP contribution in [0.1, 0.15) is 26.7 Å². The molecule has 0 saturated carbocycles. The van der Waals surface area contributed by atoms with Crippen molar-refractivity contribution in [2.24, 2.45) is 11.7 Å². The van der Waals surface area contributed by atoms with Crippen molar-refractivity contribution >= 4 is 23.6 Å². The van der Waals surface area contributed by atoms with Crippen molar-refractivity contribution in [3.63, 3.8) is 0 Å². The number of aliphatic carboxylic acids is 1. The summed E-state index contributed by atoms with van der Waals surface area (Å²) >= 11 is 1.61. The van der Waals surface area contributed by atoms with Gasteiger partial charge in [0, 0.05) is 0 Å². The molecule has 0 aliphatic carbocycles. The summed E-state index contributed by atoms with van der Waals surface area (Å²) in [7, 11) is 0. The number of hydrogen-bond donors (Lipinski definition) is 3. The maximum atomic E-state index is 11.6. The number of rotatable bonds is 8. The number of carboxylic acid groups (broad SMARTS) is 1. The number of carbonyl (C=O) groups is 2. The summed E-state index contributed by atoms with van der Waals surface area (Å²) in [6, 6.07) is -1.47. The van der Waals surface area contributed by atoms with Gasteiger partial charge in [0.15, 0.2) is 0 Å². The van der Waals surface area contributed by atoms with Gasteiger partial charge in [0.25, 0.3) is 0 Å². The monoisotopic (exact) mass is 262 g/mol. The smallest absolute Gasteiger partial charge is 0.326 e. The molecule has 6 heteroatoms. The Bertz CT molecular complexity index is 259. The van der Waals surface area contributed by atoms with Crippen LogP contribution < -0.4 is 11.1 Å². The molecule has 0 aromatic heterocycles. The Labute approximate surface area is 107 Å². The Morgan fingerprint density at radius 1 is 1.41 bits per heavy atom. The number of amides is 1. The third-order valence-electron chi connectivity index (χ3n) is 2.29. The van der Waals surface area contributed by atoms with E-state index in [1.54, 1.807) is 11.8 Å². The van der Waals surface area contributed by atoms with Gasteiger partial charge in [-0.2, -0.15) is 11.8 Å². The molecule has 5 nitrogen and oxygen atoms in total. The second-order valence-electron chi connectivity index (χ2n) is 4.42. The molecule has 0 aliphatic heterocycles. The van der Waals surface area contributed by atoms with E-state index in [9.17, 15) is 9.59 Å². The van der Waals surface area contributed by atoms with Crippen LogP contribution in [0.3, 0.4) is 0 Å². The topological polar surface area (TPSA) is 92.4 Å². The Morgan fingerprint density at radius 2 is 2.00 bits per heavy atom. The first-order valence-corrected chi connectivity index (χ1v) is 7.05. The van der Waals surface area contributed by atoms with Crippen molar-refractivity contribution in [3.8, 4) is 0 Å². The molecule has 2 atom stereocenters. The molecule has 0 radical (unpaired) electrons. The standard InChI is InChI=1S/C11H22N2O3S/c1-7(2)6-9(11(15)16)13-10(14)8(12)4-5-17-3/h7-9H,4-6,12H2,1-3H3,(H,13,14)(H,15,16)/t8-,9+/m1/s1. The van der Waals surface area contributed by atoms with Crippen molar-refractivity contribution < 1.29 is 14.7 Å². The van der Waals surface area contributed by atoms with Crippen LogP contribution in [0.25, 0.3) is 0 Å². The van der Waals surface area contributed by atoms with Gasteiger partial charge in [0.2, 0.25) is 5.91 Å². The first kappa shape index (κ1) is 16.2. The SMILES string of the molecule is CSCC[C@@H](N)C(=O)N[C@@H](CC(C)C)C(=O)O. The van der Waals surface area contributed by atoms with Crippen LogP contribution in [-0.4, -0.2) is 41.1 Å². The molecular formula is C11H22N2O3S. The maximum Gasteiger partial charge on any atom is 0.326 e. The highest BCUT2D eigenvalue weighted by Crippen LogP contribution is 2.06. The van der Waals surface area contributed by atoms with Crippen LogP contribution in [0.4, 0.5) is 0 Å². The second kappa shape index (κ2) is 8.36. The Morgan fingerprint density at radius 3 is 2.41 bits per heavy atom. The van der Waals surface area contributed by atoms with Crippen LogP contribution in [-0.2, 0) is 9.59 Å². The van der Waals surface area contributed by atoms with Crippen molar-refractivity contribution in [1.29, 1.82) is 0 Å². The van der Waals surface area contributed by atoms with E-state index in [-0.39, 0.29) is 11.8 Å². The number of nitrogens with two attached hydrogens (primary N) is 1. The molecular weight excluding hydrogens is 240 g/mol. The van der Waals surface area contributed by atoms with E-state index in [2.05, 4.69) is 5.32 Å². The van der Waals surface area contributed by atoms with Gasteiger partial charge in [-0.1, -0.05) is 13.8 Å². The summed E-state index contributed by atoms with van der Waals surface area (Å²) in [4.78, 5) is 22.6. The molecule has 0 heterocycles. The van der Waals surface area contributed by atoms with Crippen LogP contribution in [0, 0.1) is 5.92 Å². The molecule has 0 aromatic rings. The van der Waals surface area contributed by atoms with Crippen LogP contribution in [0.5, 0.6) is 0 Å². The highest BCUT2D eigenvalue weighted by molar-refractivity contribution is 7.98. The quantitative estimate of drug-likeness (QED) is 0.598. The number of nitrogens with one attached hydrogen (secondary N) is 1. The molecule has 17 heavy (non-hydrogen) atoms. The summed E-state index contributed by atoms with van der Waals surface area (Å²) in [6.07, 6.45) is 2.90. The zero-order valence-electron chi connectivity index (χ0n) is 10.6. The van der Waals surface area contributed by atoms with Gasteiger partial charge in [0.1, 0.15) is 6.04 Å². The fourth-order valence-electron chi connectivity index (χ4n) is 1.35. The molecule has 0 fully saturated rings. The minimum absolute atomic E-state index is 0.207. The number of hydrogen-bond acceptors (Lipinski definition) is 4. The highest BCUT2D eigenvalue weighted by Gasteiger charge is 2.23. The highest BCUT2D eigenvalue weighted by atomic mass is 32.2. The van der Waals surface area contributed by atoms with Crippen molar-refractivity contribution in [2.45, 2.75) is 38.8 Å². The van der Waals surface area contributed by atoms with Gasteiger partial charge >= 0.3 is 5.97 Å². The normalized spacial score (nSPS) is 14.4. The lowest BCUT2D eigenvalue weighted by Crippen LogP contribution is -2.49. The average molecular weight is 262 g/mol. The van der Waals surface area contributed by atoms with E-state index in [0.717, 1.165) is 5.75 Å². The zero-order valence-corrected chi connectivity index (χ0v) is 11.4. The van der Waals surface area contributed by atoms with Crippen LogP contribution >= 0.6 is 11.8 Å². The van der Waals surface area contributed by atoms with E-state index < -0.39 is 18.1 Å². The predicted octanol–water partition coefficient (Wildman–Crippen LogP) is 0.682. The minimum atomic E-state index is -1.01. The largest absolute Gasteiger partial charge is 0.480 e. The van der Waals surface area contributed by atoms with Gasteiger partial charge in [0.05, 0.1) is 6.04 Å². The van der Waals surface area contributed by atoms with Crippen molar-refractivity contribution in [2.75, 3.05) is 12.0 Å². The first-order chi connectivity index (χ1) is 7.88. The van der Waals surface area contributed by atoms with E-state index in [4.69, 9.17) is 10.8 Å². The Kier molecular flexibility index (Phi) is 7.99. The zero-order chi connectivity index (χ0) is 13.4. The van der Waals surface area contributed by atoms with Gasteiger partial charge in [-0.3, -0.25) is 4.79 Å². The maximum absolute atomic E-state index is 11.6.